The van der Waals surface area contributed by atoms with E-state index in [9.17, 15) is 9.59 Å². The molecule has 0 aromatic carbocycles. The predicted octanol–water partition coefficient (Wildman–Crippen LogP) is 2.93. The van der Waals surface area contributed by atoms with Gasteiger partial charge in [-0.05, 0) is 18.3 Å². The van der Waals surface area contributed by atoms with E-state index >= 15 is 0 Å². The highest BCUT2D eigenvalue weighted by molar-refractivity contribution is 5.97. The first-order valence-corrected chi connectivity index (χ1v) is 6.17. The topological polar surface area (TPSA) is 43.4 Å². The minimum atomic E-state index is -0.564. The fourth-order valence-corrected chi connectivity index (χ4v) is 2.62. The van der Waals surface area contributed by atoms with Crippen LogP contribution in [0.5, 0.6) is 0 Å². The second-order valence-electron chi connectivity index (χ2n) is 5.35. The molecule has 0 aromatic heterocycles. The van der Waals surface area contributed by atoms with Crippen molar-refractivity contribution in [1.29, 1.82) is 0 Å². The van der Waals surface area contributed by atoms with Gasteiger partial charge in [-0.3, -0.25) is 9.59 Å². The second-order valence-corrected chi connectivity index (χ2v) is 5.35. The van der Waals surface area contributed by atoms with Gasteiger partial charge in [-0.1, -0.05) is 40.5 Å². The van der Waals surface area contributed by atoms with Gasteiger partial charge >= 0.3 is 11.9 Å². The highest BCUT2D eigenvalue weighted by atomic mass is 16.6. The number of cyclic esters (lactones) is 2. The third kappa shape index (κ3) is 2.45. The lowest BCUT2D eigenvalue weighted by molar-refractivity contribution is -0.156. The van der Waals surface area contributed by atoms with E-state index in [4.69, 9.17) is 4.74 Å². The molecular weight excluding hydrogens is 204 g/mol. The normalized spacial score (nSPS) is 27.3. The molecule has 92 valence electrons. The summed E-state index contributed by atoms with van der Waals surface area (Å²) in [5.41, 5.74) is -0.564. The third-order valence-electron chi connectivity index (χ3n) is 3.67. The number of carbonyl (C=O) groups excluding carboxylic acids is 2. The largest absolute Gasteiger partial charge is 0.393 e. The zero-order chi connectivity index (χ0) is 12.3. The summed E-state index contributed by atoms with van der Waals surface area (Å²) < 4.78 is 4.74. The van der Waals surface area contributed by atoms with Gasteiger partial charge in [0, 0.05) is 0 Å². The molecule has 0 spiro atoms. The lowest BCUT2D eigenvalue weighted by Gasteiger charge is -2.30. The zero-order valence-electron chi connectivity index (χ0n) is 10.7. The molecule has 3 heteroatoms. The molecule has 1 saturated heterocycles. The van der Waals surface area contributed by atoms with Crippen molar-refractivity contribution >= 4 is 11.9 Å². The minimum absolute atomic E-state index is 0.158. The molecule has 0 bridgehead atoms. The number of ether oxygens (including phenoxy) is 1. The predicted molar refractivity (Wildman–Crippen MR) is 61.7 cm³/mol. The quantitative estimate of drug-likeness (QED) is 0.534. The number of carbonyl (C=O) groups is 2. The fourth-order valence-electron chi connectivity index (χ4n) is 2.62. The maximum absolute atomic E-state index is 11.8. The molecule has 0 radical (unpaired) electrons. The van der Waals surface area contributed by atoms with E-state index in [2.05, 4.69) is 13.8 Å². The first-order chi connectivity index (χ1) is 7.42. The highest BCUT2D eigenvalue weighted by Crippen LogP contribution is 2.44. The standard InChI is InChI=1S/C13H22O3/c1-5-6-10(4)7-13(9(2)3)8-11(14)16-12(13)15/h9-10H,5-8H2,1-4H3. The number of rotatable bonds is 5. The average molecular weight is 226 g/mol. The maximum atomic E-state index is 11.8. The Morgan fingerprint density at radius 3 is 2.31 bits per heavy atom. The van der Waals surface area contributed by atoms with Crippen LogP contribution in [0.4, 0.5) is 0 Å². The van der Waals surface area contributed by atoms with Crippen LogP contribution in [-0.4, -0.2) is 11.9 Å². The first-order valence-electron chi connectivity index (χ1n) is 6.17. The number of hydrogen-bond acceptors (Lipinski definition) is 3. The molecule has 16 heavy (non-hydrogen) atoms. The van der Waals surface area contributed by atoms with Gasteiger partial charge in [-0.2, -0.15) is 0 Å². The monoisotopic (exact) mass is 226 g/mol. The van der Waals surface area contributed by atoms with E-state index in [1.54, 1.807) is 0 Å². The lowest BCUT2D eigenvalue weighted by Crippen LogP contribution is -2.34. The van der Waals surface area contributed by atoms with Crippen molar-refractivity contribution in [1.82, 2.24) is 0 Å². The van der Waals surface area contributed by atoms with Crippen LogP contribution < -0.4 is 0 Å². The van der Waals surface area contributed by atoms with Crippen molar-refractivity contribution in [2.75, 3.05) is 0 Å². The lowest BCUT2D eigenvalue weighted by atomic mass is 9.70. The Morgan fingerprint density at radius 2 is 1.94 bits per heavy atom. The Morgan fingerprint density at radius 1 is 1.31 bits per heavy atom. The van der Waals surface area contributed by atoms with Gasteiger partial charge in [0.1, 0.15) is 0 Å². The summed E-state index contributed by atoms with van der Waals surface area (Å²) in [5.74, 6) is -0.0468. The van der Waals surface area contributed by atoms with Crippen molar-refractivity contribution in [2.24, 2.45) is 17.3 Å². The Bertz CT molecular complexity index is 283. The highest BCUT2D eigenvalue weighted by Gasteiger charge is 2.51. The summed E-state index contributed by atoms with van der Waals surface area (Å²) in [6.07, 6.45) is 3.23. The van der Waals surface area contributed by atoms with Crippen molar-refractivity contribution in [3.63, 3.8) is 0 Å². The van der Waals surface area contributed by atoms with Gasteiger partial charge in [-0.15, -0.1) is 0 Å². The molecule has 2 unspecified atom stereocenters. The molecule has 2 atom stereocenters. The van der Waals surface area contributed by atoms with Crippen molar-refractivity contribution in [3.8, 4) is 0 Å². The van der Waals surface area contributed by atoms with Crippen LogP contribution in [0.2, 0.25) is 0 Å². The summed E-state index contributed by atoms with van der Waals surface area (Å²) in [4.78, 5) is 23.1. The average Bonchev–Trinajstić information content (AvgIpc) is 2.42. The van der Waals surface area contributed by atoms with Crippen LogP contribution in [0.15, 0.2) is 0 Å². The first kappa shape index (κ1) is 13.2. The Labute approximate surface area is 97.5 Å². The molecule has 0 aliphatic carbocycles. The van der Waals surface area contributed by atoms with Gasteiger partial charge in [-0.25, -0.2) is 0 Å². The van der Waals surface area contributed by atoms with E-state index in [1.807, 2.05) is 13.8 Å². The van der Waals surface area contributed by atoms with Crippen LogP contribution in [0.3, 0.4) is 0 Å². The van der Waals surface area contributed by atoms with E-state index in [0.717, 1.165) is 19.3 Å². The molecule has 0 saturated carbocycles. The van der Waals surface area contributed by atoms with E-state index < -0.39 is 5.41 Å². The van der Waals surface area contributed by atoms with Gasteiger partial charge in [0.25, 0.3) is 0 Å². The minimum Gasteiger partial charge on any atom is -0.393 e. The molecule has 0 N–H and O–H groups in total. The van der Waals surface area contributed by atoms with Gasteiger partial charge in [0.2, 0.25) is 0 Å². The van der Waals surface area contributed by atoms with Crippen LogP contribution in [0.1, 0.15) is 53.4 Å². The van der Waals surface area contributed by atoms with Crippen LogP contribution in [0, 0.1) is 17.3 Å². The molecule has 1 rings (SSSR count). The molecule has 0 amide bonds. The molecule has 1 fully saturated rings. The summed E-state index contributed by atoms with van der Waals surface area (Å²) in [5, 5.41) is 0. The van der Waals surface area contributed by atoms with Crippen LogP contribution in [-0.2, 0) is 14.3 Å². The number of hydrogen-bond donors (Lipinski definition) is 0. The number of esters is 2. The van der Waals surface area contributed by atoms with Crippen molar-refractivity contribution < 1.29 is 14.3 Å². The smallest absolute Gasteiger partial charge is 0.320 e. The summed E-state index contributed by atoms with van der Waals surface area (Å²) in [6, 6.07) is 0. The maximum Gasteiger partial charge on any atom is 0.320 e. The van der Waals surface area contributed by atoms with E-state index in [0.29, 0.717) is 5.92 Å². The zero-order valence-corrected chi connectivity index (χ0v) is 10.7. The molecule has 0 aromatic rings. The van der Waals surface area contributed by atoms with Crippen molar-refractivity contribution in [3.05, 3.63) is 0 Å². The van der Waals surface area contributed by atoms with E-state index in [1.165, 1.54) is 0 Å². The van der Waals surface area contributed by atoms with E-state index in [-0.39, 0.29) is 24.3 Å². The Hall–Kier alpha value is -0.860. The molecule has 3 nitrogen and oxygen atoms in total. The summed E-state index contributed by atoms with van der Waals surface area (Å²) >= 11 is 0. The molecule has 1 aliphatic rings. The van der Waals surface area contributed by atoms with Crippen LogP contribution in [0.25, 0.3) is 0 Å². The SMILES string of the molecule is CCCC(C)CC1(C(C)C)CC(=O)OC1=O. The van der Waals surface area contributed by atoms with Gasteiger partial charge in [0.05, 0.1) is 11.8 Å². The molecule has 1 heterocycles. The molecule has 1 aliphatic heterocycles. The van der Waals surface area contributed by atoms with Crippen LogP contribution >= 0.6 is 0 Å². The Balaban J connectivity index is 2.82. The second kappa shape index (κ2) is 4.98. The molecular formula is C13H22O3. The summed E-state index contributed by atoms with van der Waals surface area (Å²) in [7, 11) is 0. The van der Waals surface area contributed by atoms with Gasteiger partial charge < -0.3 is 4.74 Å². The third-order valence-corrected chi connectivity index (χ3v) is 3.67. The van der Waals surface area contributed by atoms with Crippen molar-refractivity contribution in [2.45, 2.75) is 53.4 Å². The summed E-state index contributed by atoms with van der Waals surface area (Å²) in [6.45, 7) is 8.28. The van der Waals surface area contributed by atoms with Gasteiger partial charge in [0.15, 0.2) is 0 Å². The fraction of sp³-hybridized carbons (Fsp3) is 0.846. The Kier molecular flexibility index (Phi) is 4.11.